The maximum absolute atomic E-state index is 12.4. The standard InChI is InChI=1S/C24H25BrClN3O2/c25-23-16-19(15-18-5-1-2-8-22(18)23)24(30)27-31-14-4-9-28-10-12-29(13-11-28)21-7-3-6-20(26)17-21/h1-3,5-8,15-17H,4,9-14H2,(H,27,30). The topological polar surface area (TPSA) is 44.8 Å². The van der Waals surface area contributed by atoms with E-state index in [1.54, 1.807) is 0 Å². The SMILES string of the molecule is O=C(NOCCCN1CCN(c2cccc(Cl)c2)CC1)c1cc(Br)c2ccccc2c1. The number of piperazine rings is 1. The summed E-state index contributed by atoms with van der Waals surface area (Å²) >= 11 is 9.64. The van der Waals surface area contributed by atoms with Crippen molar-refractivity contribution in [1.82, 2.24) is 10.4 Å². The van der Waals surface area contributed by atoms with Gasteiger partial charge in [-0.15, -0.1) is 0 Å². The Morgan fingerprint density at radius 1 is 1.03 bits per heavy atom. The molecule has 0 radical (unpaired) electrons. The monoisotopic (exact) mass is 501 g/mol. The van der Waals surface area contributed by atoms with Crippen LogP contribution in [0.25, 0.3) is 10.8 Å². The van der Waals surface area contributed by atoms with E-state index in [-0.39, 0.29) is 5.91 Å². The second-order valence-electron chi connectivity index (χ2n) is 7.62. The number of hydroxylamine groups is 1. The van der Waals surface area contributed by atoms with Crippen molar-refractivity contribution in [2.75, 3.05) is 44.2 Å². The predicted molar refractivity (Wildman–Crippen MR) is 130 cm³/mol. The molecule has 31 heavy (non-hydrogen) atoms. The molecule has 0 spiro atoms. The lowest BCUT2D eigenvalue weighted by atomic mass is 10.1. The fraction of sp³-hybridized carbons (Fsp3) is 0.292. The molecule has 1 aliphatic heterocycles. The van der Waals surface area contributed by atoms with Gasteiger partial charge in [-0.2, -0.15) is 0 Å². The average Bonchev–Trinajstić information content (AvgIpc) is 2.79. The predicted octanol–water partition coefficient (Wildman–Crippen LogP) is 5.13. The molecule has 1 fully saturated rings. The molecule has 1 amide bonds. The van der Waals surface area contributed by atoms with E-state index in [4.69, 9.17) is 16.4 Å². The van der Waals surface area contributed by atoms with Crippen LogP contribution in [0.2, 0.25) is 5.02 Å². The highest BCUT2D eigenvalue weighted by Crippen LogP contribution is 2.25. The largest absolute Gasteiger partial charge is 0.369 e. The van der Waals surface area contributed by atoms with Crippen LogP contribution in [0.1, 0.15) is 16.8 Å². The Kier molecular flexibility index (Phi) is 7.45. The van der Waals surface area contributed by atoms with Crippen LogP contribution < -0.4 is 10.4 Å². The van der Waals surface area contributed by atoms with Gasteiger partial charge in [-0.3, -0.25) is 14.5 Å². The fourth-order valence-corrected chi connectivity index (χ4v) is 4.63. The number of rotatable bonds is 7. The lowest BCUT2D eigenvalue weighted by molar-refractivity contribution is 0.0276. The van der Waals surface area contributed by atoms with E-state index < -0.39 is 0 Å². The lowest BCUT2D eigenvalue weighted by Gasteiger charge is -2.36. The Morgan fingerprint density at radius 3 is 2.65 bits per heavy atom. The fourth-order valence-electron chi connectivity index (χ4n) is 3.83. The maximum atomic E-state index is 12.4. The van der Waals surface area contributed by atoms with Crippen molar-refractivity contribution in [2.45, 2.75) is 6.42 Å². The molecule has 5 nitrogen and oxygen atoms in total. The van der Waals surface area contributed by atoms with Crippen molar-refractivity contribution in [3.63, 3.8) is 0 Å². The third kappa shape index (κ3) is 5.77. The number of amides is 1. The van der Waals surface area contributed by atoms with Gasteiger partial charge in [0.05, 0.1) is 6.61 Å². The minimum absolute atomic E-state index is 0.235. The van der Waals surface area contributed by atoms with Gasteiger partial charge >= 0.3 is 0 Å². The normalized spacial score (nSPS) is 14.7. The minimum atomic E-state index is -0.235. The molecule has 1 aliphatic rings. The summed E-state index contributed by atoms with van der Waals surface area (Å²) in [5.74, 6) is -0.235. The third-order valence-corrected chi connectivity index (χ3v) is 6.40. The first-order valence-electron chi connectivity index (χ1n) is 10.4. The number of nitrogens with zero attached hydrogens (tertiary/aromatic N) is 2. The number of fused-ring (bicyclic) bond motifs is 1. The van der Waals surface area contributed by atoms with Crippen LogP contribution in [0.3, 0.4) is 0 Å². The second kappa shape index (κ2) is 10.5. The number of anilines is 1. The Labute approximate surface area is 196 Å². The zero-order chi connectivity index (χ0) is 21.6. The number of halogens is 2. The average molecular weight is 503 g/mol. The number of nitrogens with one attached hydrogen (secondary N) is 1. The Hall–Kier alpha value is -2.12. The summed E-state index contributed by atoms with van der Waals surface area (Å²) < 4.78 is 0.896. The molecule has 1 heterocycles. The van der Waals surface area contributed by atoms with E-state index in [0.717, 1.165) is 59.4 Å². The molecular formula is C24H25BrClN3O2. The quantitative estimate of drug-likeness (QED) is 0.359. The van der Waals surface area contributed by atoms with Crippen LogP contribution in [-0.4, -0.2) is 50.1 Å². The maximum Gasteiger partial charge on any atom is 0.274 e. The van der Waals surface area contributed by atoms with Crippen molar-refractivity contribution in [3.05, 3.63) is 75.7 Å². The van der Waals surface area contributed by atoms with Crippen molar-refractivity contribution < 1.29 is 9.63 Å². The minimum Gasteiger partial charge on any atom is -0.369 e. The molecule has 0 aliphatic carbocycles. The van der Waals surface area contributed by atoms with E-state index in [1.807, 2.05) is 54.6 Å². The first kappa shape index (κ1) is 22.1. The molecule has 1 saturated heterocycles. The van der Waals surface area contributed by atoms with E-state index >= 15 is 0 Å². The first-order valence-corrected chi connectivity index (χ1v) is 11.6. The van der Waals surface area contributed by atoms with Gasteiger partial charge in [-0.1, -0.05) is 57.9 Å². The van der Waals surface area contributed by atoms with Crippen LogP contribution in [0.5, 0.6) is 0 Å². The van der Waals surface area contributed by atoms with E-state index in [9.17, 15) is 4.79 Å². The van der Waals surface area contributed by atoms with Gasteiger partial charge in [0.15, 0.2) is 0 Å². The van der Waals surface area contributed by atoms with Gasteiger partial charge < -0.3 is 4.90 Å². The van der Waals surface area contributed by atoms with Crippen molar-refractivity contribution >= 4 is 49.9 Å². The van der Waals surface area contributed by atoms with Gasteiger partial charge in [-0.05, 0) is 47.5 Å². The Bertz CT molecular complexity index is 1050. The summed E-state index contributed by atoms with van der Waals surface area (Å²) in [6.45, 7) is 5.40. The highest BCUT2D eigenvalue weighted by molar-refractivity contribution is 9.10. The zero-order valence-electron chi connectivity index (χ0n) is 17.2. The highest BCUT2D eigenvalue weighted by Gasteiger charge is 2.17. The first-order chi connectivity index (χ1) is 15.1. The number of carbonyl (C=O) groups excluding carboxylic acids is 1. The van der Waals surface area contributed by atoms with Gasteiger partial charge in [0.1, 0.15) is 0 Å². The molecule has 0 atom stereocenters. The second-order valence-corrected chi connectivity index (χ2v) is 8.91. The molecule has 0 bridgehead atoms. The van der Waals surface area contributed by atoms with Crippen molar-refractivity contribution in [3.8, 4) is 0 Å². The van der Waals surface area contributed by atoms with Crippen molar-refractivity contribution in [1.29, 1.82) is 0 Å². The summed E-state index contributed by atoms with van der Waals surface area (Å²) in [6, 6.07) is 19.7. The van der Waals surface area contributed by atoms with Crippen LogP contribution >= 0.6 is 27.5 Å². The molecule has 162 valence electrons. The van der Waals surface area contributed by atoms with Crippen LogP contribution in [0.4, 0.5) is 5.69 Å². The van der Waals surface area contributed by atoms with E-state index in [0.29, 0.717) is 12.2 Å². The van der Waals surface area contributed by atoms with Crippen LogP contribution in [0, 0.1) is 0 Å². The van der Waals surface area contributed by atoms with Gasteiger partial charge in [0.25, 0.3) is 5.91 Å². The molecule has 3 aromatic rings. The van der Waals surface area contributed by atoms with Gasteiger partial charge in [0.2, 0.25) is 0 Å². The molecule has 0 saturated carbocycles. The number of hydrogen-bond acceptors (Lipinski definition) is 4. The zero-order valence-corrected chi connectivity index (χ0v) is 19.5. The van der Waals surface area contributed by atoms with Gasteiger partial charge in [0, 0.05) is 53.5 Å². The van der Waals surface area contributed by atoms with Crippen LogP contribution in [-0.2, 0) is 4.84 Å². The molecule has 7 heteroatoms. The lowest BCUT2D eigenvalue weighted by Crippen LogP contribution is -2.46. The smallest absolute Gasteiger partial charge is 0.274 e. The Morgan fingerprint density at radius 2 is 1.84 bits per heavy atom. The molecule has 3 aromatic carbocycles. The number of hydrogen-bond donors (Lipinski definition) is 1. The highest BCUT2D eigenvalue weighted by atomic mass is 79.9. The summed E-state index contributed by atoms with van der Waals surface area (Å²) in [6.07, 6.45) is 0.860. The molecule has 1 N–H and O–H groups in total. The Balaban J connectivity index is 1.17. The molecule has 4 rings (SSSR count). The summed E-state index contributed by atoms with van der Waals surface area (Å²) in [4.78, 5) is 22.6. The van der Waals surface area contributed by atoms with Crippen molar-refractivity contribution in [2.24, 2.45) is 0 Å². The molecule has 0 aromatic heterocycles. The summed E-state index contributed by atoms with van der Waals surface area (Å²) in [5, 5.41) is 2.87. The van der Waals surface area contributed by atoms with E-state index in [2.05, 4.69) is 37.3 Å². The molecular weight excluding hydrogens is 478 g/mol. The summed E-state index contributed by atoms with van der Waals surface area (Å²) in [5.41, 5.74) is 4.31. The number of benzene rings is 3. The third-order valence-electron chi connectivity index (χ3n) is 5.50. The van der Waals surface area contributed by atoms with Gasteiger partial charge in [-0.25, -0.2) is 5.48 Å². The number of carbonyl (C=O) groups is 1. The molecule has 0 unspecified atom stereocenters. The summed E-state index contributed by atoms with van der Waals surface area (Å²) in [7, 11) is 0. The van der Waals surface area contributed by atoms with Crippen LogP contribution in [0.15, 0.2) is 65.1 Å². The van der Waals surface area contributed by atoms with E-state index in [1.165, 1.54) is 5.69 Å².